The fourth-order valence-electron chi connectivity index (χ4n) is 2.01. The van der Waals surface area contributed by atoms with Crippen molar-refractivity contribution in [1.29, 1.82) is 0 Å². The Labute approximate surface area is 131 Å². The molecule has 0 spiro atoms. The summed E-state index contributed by atoms with van der Waals surface area (Å²) in [5.74, 6) is 0. The van der Waals surface area contributed by atoms with Crippen molar-refractivity contribution < 1.29 is 0 Å². The molecule has 0 radical (unpaired) electrons. The summed E-state index contributed by atoms with van der Waals surface area (Å²) in [7, 11) is 0. The van der Waals surface area contributed by atoms with Crippen molar-refractivity contribution in [3.63, 3.8) is 0 Å². The number of nitrogens with zero attached hydrogens (tertiary/aromatic N) is 3. The van der Waals surface area contributed by atoms with Crippen molar-refractivity contribution in [2.75, 3.05) is 0 Å². The summed E-state index contributed by atoms with van der Waals surface area (Å²) in [6, 6.07) is 8.24. The molecule has 1 aromatic carbocycles. The molecule has 0 aliphatic heterocycles. The van der Waals surface area contributed by atoms with Crippen LogP contribution < -0.4 is 11.2 Å². The van der Waals surface area contributed by atoms with Crippen molar-refractivity contribution in [2.45, 2.75) is 6.92 Å². The van der Waals surface area contributed by atoms with Crippen LogP contribution in [0.15, 0.2) is 40.9 Å². The maximum absolute atomic E-state index is 5.38. The van der Waals surface area contributed by atoms with E-state index in [1.807, 2.05) is 16.0 Å². The van der Waals surface area contributed by atoms with E-state index in [2.05, 4.69) is 46.7 Å². The summed E-state index contributed by atoms with van der Waals surface area (Å²) in [4.78, 5) is 5.59. The SMILES string of the molecule is Cc1ccc(-c2nc3sccn3c2C=NNC(N)=S)cc1. The molecule has 0 unspecified atom stereocenters. The Hall–Kier alpha value is -2.25. The average molecular weight is 315 g/mol. The molecule has 21 heavy (non-hydrogen) atoms. The molecule has 7 heteroatoms. The van der Waals surface area contributed by atoms with Gasteiger partial charge in [0.1, 0.15) is 0 Å². The molecular weight excluding hydrogens is 302 g/mol. The van der Waals surface area contributed by atoms with Crippen molar-refractivity contribution in [3.8, 4) is 11.3 Å². The smallest absolute Gasteiger partial charge is 0.194 e. The topological polar surface area (TPSA) is 67.7 Å². The number of hydrogen-bond donors (Lipinski definition) is 2. The normalized spacial score (nSPS) is 11.3. The van der Waals surface area contributed by atoms with Crippen LogP contribution in [-0.4, -0.2) is 20.7 Å². The van der Waals surface area contributed by atoms with Crippen LogP contribution in [-0.2, 0) is 0 Å². The largest absolute Gasteiger partial charge is 0.375 e. The van der Waals surface area contributed by atoms with Gasteiger partial charge in [-0.1, -0.05) is 29.8 Å². The molecule has 2 aromatic heterocycles. The van der Waals surface area contributed by atoms with Gasteiger partial charge in [0.05, 0.1) is 17.6 Å². The van der Waals surface area contributed by atoms with Gasteiger partial charge in [0, 0.05) is 17.1 Å². The lowest BCUT2D eigenvalue weighted by Crippen LogP contribution is -2.24. The first-order chi connectivity index (χ1) is 10.1. The third-order valence-electron chi connectivity index (χ3n) is 2.99. The quantitative estimate of drug-likeness (QED) is 0.443. The molecule has 0 aliphatic rings. The van der Waals surface area contributed by atoms with Crippen molar-refractivity contribution in [2.24, 2.45) is 10.8 Å². The number of imidazole rings is 1. The zero-order valence-electron chi connectivity index (χ0n) is 11.3. The minimum Gasteiger partial charge on any atom is -0.375 e. The fraction of sp³-hybridized carbons (Fsp3) is 0.0714. The Kier molecular flexibility index (Phi) is 3.68. The van der Waals surface area contributed by atoms with Crippen LogP contribution in [0.5, 0.6) is 0 Å². The fourth-order valence-corrected chi connectivity index (χ4v) is 2.78. The van der Waals surface area contributed by atoms with Crippen LogP contribution in [0, 0.1) is 6.92 Å². The van der Waals surface area contributed by atoms with E-state index in [-0.39, 0.29) is 5.11 Å². The highest BCUT2D eigenvalue weighted by molar-refractivity contribution is 7.80. The second-order valence-corrected chi connectivity index (χ2v) is 5.81. The molecule has 0 saturated heterocycles. The first kappa shape index (κ1) is 13.7. The summed E-state index contributed by atoms with van der Waals surface area (Å²) in [5.41, 5.74) is 12.0. The van der Waals surface area contributed by atoms with Crippen LogP contribution >= 0.6 is 23.6 Å². The summed E-state index contributed by atoms with van der Waals surface area (Å²) >= 11 is 6.32. The molecule has 0 atom stereocenters. The average Bonchev–Trinajstić information content (AvgIpc) is 3.01. The van der Waals surface area contributed by atoms with Crippen LogP contribution in [0.4, 0.5) is 0 Å². The maximum atomic E-state index is 5.38. The lowest BCUT2D eigenvalue weighted by molar-refractivity contribution is 1.04. The number of thiocarbonyl (C=S) groups is 1. The molecule has 0 amide bonds. The first-order valence-electron chi connectivity index (χ1n) is 6.26. The van der Waals surface area contributed by atoms with E-state index in [1.165, 1.54) is 5.56 Å². The molecule has 0 saturated carbocycles. The van der Waals surface area contributed by atoms with Gasteiger partial charge in [0.25, 0.3) is 0 Å². The van der Waals surface area contributed by atoms with Gasteiger partial charge >= 0.3 is 0 Å². The minimum atomic E-state index is 0.134. The molecule has 3 aromatic rings. The molecule has 0 bridgehead atoms. The number of fused-ring (bicyclic) bond motifs is 1. The monoisotopic (exact) mass is 315 g/mol. The Morgan fingerprint density at radius 3 is 2.90 bits per heavy atom. The minimum absolute atomic E-state index is 0.134. The zero-order chi connectivity index (χ0) is 14.8. The Morgan fingerprint density at radius 2 is 2.19 bits per heavy atom. The summed E-state index contributed by atoms with van der Waals surface area (Å²) in [5, 5.41) is 6.17. The van der Waals surface area contributed by atoms with Crippen LogP contribution in [0.25, 0.3) is 16.2 Å². The molecule has 3 N–H and O–H groups in total. The third-order valence-corrected chi connectivity index (χ3v) is 3.83. The summed E-state index contributed by atoms with van der Waals surface area (Å²) in [6.45, 7) is 2.06. The molecule has 0 fully saturated rings. The van der Waals surface area contributed by atoms with Gasteiger partial charge in [-0.3, -0.25) is 9.83 Å². The second kappa shape index (κ2) is 5.63. The van der Waals surface area contributed by atoms with E-state index in [0.29, 0.717) is 0 Å². The van der Waals surface area contributed by atoms with Gasteiger partial charge in [-0.25, -0.2) is 4.98 Å². The van der Waals surface area contributed by atoms with Crippen molar-refractivity contribution in [3.05, 3.63) is 47.1 Å². The van der Waals surface area contributed by atoms with Crippen molar-refractivity contribution in [1.82, 2.24) is 14.8 Å². The number of nitrogens with one attached hydrogen (secondary N) is 1. The standard InChI is InChI=1S/C14H13N5S2/c1-9-2-4-10(5-3-9)12-11(8-16-18-13(15)20)19-6-7-21-14(19)17-12/h2-8H,1H3,(H3,15,18,20). The Morgan fingerprint density at radius 1 is 1.43 bits per heavy atom. The first-order valence-corrected chi connectivity index (χ1v) is 7.55. The number of aryl methyl sites for hydroxylation is 1. The number of rotatable bonds is 3. The van der Waals surface area contributed by atoms with E-state index in [1.54, 1.807) is 17.6 Å². The van der Waals surface area contributed by atoms with Crippen LogP contribution in [0.2, 0.25) is 0 Å². The lowest BCUT2D eigenvalue weighted by atomic mass is 10.1. The van der Waals surface area contributed by atoms with E-state index in [0.717, 1.165) is 21.9 Å². The number of benzene rings is 1. The van der Waals surface area contributed by atoms with Gasteiger partial charge in [-0.05, 0) is 19.1 Å². The van der Waals surface area contributed by atoms with Crippen LogP contribution in [0.3, 0.4) is 0 Å². The number of hydrogen-bond acceptors (Lipinski definition) is 4. The van der Waals surface area contributed by atoms with Crippen molar-refractivity contribution >= 4 is 39.8 Å². The van der Waals surface area contributed by atoms with E-state index in [9.17, 15) is 0 Å². The Bertz CT molecular complexity index is 814. The highest BCUT2D eigenvalue weighted by Gasteiger charge is 2.13. The predicted molar refractivity (Wildman–Crippen MR) is 90.8 cm³/mol. The Balaban J connectivity index is 2.09. The molecule has 3 rings (SSSR count). The molecular formula is C14H13N5S2. The summed E-state index contributed by atoms with van der Waals surface area (Å²) < 4.78 is 1.99. The summed E-state index contributed by atoms with van der Waals surface area (Å²) in [6.07, 6.45) is 3.65. The second-order valence-electron chi connectivity index (χ2n) is 4.50. The molecule has 0 aliphatic carbocycles. The van der Waals surface area contributed by atoms with Gasteiger partial charge in [-0.2, -0.15) is 5.10 Å². The van der Waals surface area contributed by atoms with E-state index < -0.39 is 0 Å². The van der Waals surface area contributed by atoms with Crippen LogP contribution in [0.1, 0.15) is 11.3 Å². The number of nitrogens with two attached hydrogens (primary N) is 1. The molecule has 2 heterocycles. The molecule has 106 valence electrons. The van der Waals surface area contributed by atoms with Gasteiger partial charge in [-0.15, -0.1) is 11.3 Å². The molecule has 5 nitrogen and oxygen atoms in total. The van der Waals surface area contributed by atoms with Gasteiger partial charge in [0.2, 0.25) is 0 Å². The number of hydrazone groups is 1. The van der Waals surface area contributed by atoms with E-state index in [4.69, 9.17) is 18.0 Å². The highest BCUT2D eigenvalue weighted by Crippen LogP contribution is 2.25. The number of aromatic nitrogens is 2. The predicted octanol–water partition coefficient (Wildman–Crippen LogP) is 2.54. The van der Waals surface area contributed by atoms with E-state index >= 15 is 0 Å². The highest BCUT2D eigenvalue weighted by atomic mass is 32.1. The lowest BCUT2D eigenvalue weighted by Gasteiger charge is -2.01. The maximum Gasteiger partial charge on any atom is 0.194 e. The zero-order valence-corrected chi connectivity index (χ0v) is 12.9. The third kappa shape index (κ3) is 2.79. The van der Waals surface area contributed by atoms with Gasteiger partial charge in [0.15, 0.2) is 10.1 Å². The number of thiazole rings is 1. The van der Waals surface area contributed by atoms with Gasteiger partial charge < -0.3 is 5.73 Å².